The SMILES string of the molecule is COC(=O)[C@H]1[C@H](/C=C\Cc2ccccc2)C1(C)C. The number of rotatable bonds is 4. The molecule has 2 rings (SSSR count). The third-order valence-electron chi connectivity index (χ3n) is 3.91. The molecular weight excluding hydrogens is 224 g/mol. The maximum atomic E-state index is 11.6. The van der Waals surface area contributed by atoms with Crippen LogP contribution in [-0.2, 0) is 16.0 Å². The minimum atomic E-state index is -0.0886. The molecule has 18 heavy (non-hydrogen) atoms. The standard InChI is InChI=1S/C16H20O2/c1-16(2)13(14(16)15(17)18-3)11-7-10-12-8-5-4-6-9-12/h4-9,11,13-14H,10H2,1-3H3/b11-7-/t13-,14+/m0/s1. The second-order valence-electron chi connectivity index (χ2n) is 5.47. The fourth-order valence-corrected chi connectivity index (χ4v) is 2.58. The van der Waals surface area contributed by atoms with Crippen LogP contribution in [0, 0.1) is 17.3 Å². The summed E-state index contributed by atoms with van der Waals surface area (Å²) in [7, 11) is 1.46. The summed E-state index contributed by atoms with van der Waals surface area (Å²) in [5, 5.41) is 0. The molecule has 0 spiro atoms. The Bertz CT molecular complexity index is 445. The van der Waals surface area contributed by atoms with E-state index in [2.05, 4.69) is 38.1 Å². The normalized spacial score (nSPS) is 25.1. The molecule has 1 fully saturated rings. The Morgan fingerprint density at radius 3 is 2.61 bits per heavy atom. The first-order valence-electron chi connectivity index (χ1n) is 6.36. The van der Waals surface area contributed by atoms with Crippen molar-refractivity contribution in [2.24, 2.45) is 17.3 Å². The van der Waals surface area contributed by atoms with Gasteiger partial charge in [0, 0.05) is 0 Å². The molecule has 0 heterocycles. The molecule has 2 atom stereocenters. The van der Waals surface area contributed by atoms with Gasteiger partial charge in [-0.2, -0.15) is 0 Å². The lowest BCUT2D eigenvalue weighted by Gasteiger charge is -1.99. The summed E-state index contributed by atoms with van der Waals surface area (Å²) in [6.07, 6.45) is 5.24. The van der Waals surface area contributed by atoms with Crippen molar-refractivity contribution in [3.63, 3.8) is 0 Å². The van der Waals surface area contributed by atoms with Gasteiger partial charge in [0.25, 0.3) is 0 Å². The van der Waals surface area contributed by atoms with Gasteiger partial charge in [-0.25, -0.2) is 0 Å². The van der Waals surface area contributed by atoms with Crippen LogP contribution in [0.15, 0.2) is 42.5 Å². The van der Waals surface area contributed by atoms with E-state index in [9.17, 15) is 4.79 Å². The smallest absolute Gasteiger partial charge is 0.309 e. The Labute approximate surface area is 109 Å². The van der Waals surface area contributed by atoms with Crippen LogP contribution in [-0.4, -0.2) is 13.1 Å². The van der Waals surface area contributed by atoms with Crippen molar-refractivity contribution in [2.75, 3.05) is 7.11 Å². The van der Waals surface area contributed by atoms with Crippen LogP contribution in [0.4, 0.5) is 0 Å². The molecule has 0 aromatic heterocycles. The molecule has 0 unspecified atom stereocenters. The summed E-state index contributed by atoms with van der Waals surface area (Å²) in [5.41, 5.74) is 1.34. The molecule has 0 bridgehead atoms. The van der Waals surface area contributed by atoms with E-state index < -0.39 is 0 Å². The summed E-state index contributed by atoms with van der Waals surface area (Å²) in [6, 6.07) is 10.3. The highest BCUT2D eigenvalue weighted by Gasteiger charge is 2.61. The summed E-state index contributed by atoms with van der Waals surface area (Å²) < 4.78 is 4.83. The van der Waals surface area contributed by atoms with Crippen LogP contribution in [0.25, 0.3) is 0 Å². The maximum Gasteiger partial charge on any atom is 0.309 e. The van der Waals surface area contributed by atoms with Gasteiger partial charge in [-0.15, -0.1) is 0 Å². The average molecular weight is 244 g/mol. The Kier molecular flexibility index (Phi) is 3.55. The third kappa shape index (κ3) is 2.47. The van der Waals surface area contributed by atoms with Gasteiger partial charge in [0.2, 0.25) is 0 Å². The zero-order chi connectivity index (χ0) is 13.2. The molecule has 1 aliphatic rings. The summed E-state index contributed by atoms with van der Waals surface area (Å²) in [6.45, 7) is 4.23. The fourth-order valence-electron chi connectivity index (χ4n) is 2.58. The first-order chi connectivity index (χ1) is 8.57. The lowest BCUT2D eigenvalue weighted by Crippen LogP contribution is -2.07. The Morgan fingerprint density at radius 2 is 2.00 bits per heavy atom. The molecule has 96 valence electrons. The van der Waals surface area contributed by atoms with Crippen LogP contribution in [0.5, 0.6) is 0 Å². The Balaban J connectivity index is 1.93. The van der Waals surface area contributed by atoms with Crippen molar-refractivity contribution in [1.29, 1.82) is 0 Å². The number of carbonyl (C=O) groups is 1. The number of hydrogen-bond acceptors (Lipinski definition) is 2. The van der Waals surface area contributed by atoms with Crippen LogP contribution in [0.1, 0.15) is 19.4 Å². The van der Waals surface area contributed by atoms with E-state index in [-0.39, 0.29) is 17.3 Å². The molecule has 0 radical (unpaired) electrons. The Hall–Kier alpha value is -1.57. The lowest BCUT2D eigenvalue weighted by atomic mass is 10.1. The maximum absolute atomic E-state index is 11.6. The van der Waals surface area contributed by atoms with Gasteiger partial charge in [-0.05, 0) is 23.3 Å². The summed E-state index contributed by atoms with van der Waals surface area (Å²) in [4.78, 5) is 11.6. The fraction of sp³-hybridized carbons (Fsp3) is 0.438. The summed E-state index contributed by atoms with van der Waals surface area (Å²) in [5.74, 6) is 0.248. The van der Waals surface area contributed by atoms with Crippen molar-refractivity contribution in [1.82, 2.24) is 0 Å². The molecular formula is C16H20O2. The van der Waals surface area contributed by atoms with Crippen molar-refractivity contribution < 1.29 is 9.53 Å². The van der Waals surface area contributed by atoms with E-state index in [0.29, 0.717) is 5.92 Å². The molecule has 0 saturated heterocycles. The van der Waals surface area contributed by atoms with Crippen molar-refractivity contribution >= 4 is 5.97 Å². The van der Waals surface area contributed by atoms with Gasteiger partial charge in [0.1, 0.15) is 0 Å². The molecule has 1 saturated carbocycles. The van der Waals surface area contributed by atoms with Crippen molar-refractivity contribution in [3.05, 3.63) is 48.0 Å². The van der Waals surface area contributed by atoms with Crippen LogP contribution in [0.2, 0.25) is 0 Å². The number of allylic oxidation sites excluding steroid dienone is 2. The third-order valence-corrected chi connectivity index (χ3v) is 3.91. The number of hydrogen-bond donors (Lipinski definition) is 0. The van der Waals surface area contributed by atoms with Gasteiger partial charge in [-0.1, -0.05) is 56.3 Å². The number of ether oxygens (including phenoxy) is 1. The van der Waals surface area contributed by atoms with E-state index in [1.165, 1.54) is 12.7 Å². The number of methoxy groups -OCH3 is 1. The van der Waals surface area contributed by atoms with Crippen LogP contribution in [0.3, 0.4) is 0 Å². The van der Waals surface area contributed by atoms with Crippen molar-refractivity contribution in [3.8, 4) is 0 Å². The molecule has 2 nitrogen and oxygen atoms in total. The highest BCUT2D eigenvalue weighted by atomic mass is 16.5. The minimum absolute atomic E-state index is 0.0227. The predicted octanol–water partition coefficient (Wildman–Crippen LogP) is 3.23. The molecule has 2 heteroatoms. The van der Waals surface area contributed by atoms with E-state index in [1.807, 2.05) is 18.2 Å². The second-order valence-corrected chi connectivity index (χ2v) is 5.47. The van der Waals surface area contributed by atoms with Gasteiger partial charge in [-0.3, -0.25) is 4.79 Å². The number of carbonyl (C=O) groups excluding carboxylic acids is 1. The first kappa shape index (κ1) is 12.9. The second kappa shape index (κ2) is 4.97. The van der Waals surface area contributed by atoms with E-state index >= 15 is 0 Å². The van der Waals surface area contributed by atoms with Crippen molar-refractivity contribution in [2.45, 2.75) is 20.3 Å². The molecule has 0 N–H and O–H groups in total. The van der Waals surface area contributed by atoms with Gasteiger partial charge in [0.05, 0.1) is 13.0 Å². The topological polar surface area (TPSA) is 26.3 Å². The monoisotopic (exact) mass is 244 g/mol. The first-order valence-corrected chi connectivity index (χ1v) is 6.36. The molecule has 0 amide bonds. The number of benzene rings is 1. The predicted molar refractivity (Wildman–Crippen MR) is 72.1 cm³/mol. The molecule has 1 aromatic carbocycles. The number of esters is 1. The zero-order valence-corrected chi connectivity index (χ0v) is 11.2. The highest BCUT2D eigenvalue weighted by molar-refractivity contribution is 5.78. The molecule has 1 aromatic rings. The summed E-state index contributed by atoms with van der Waals surface area (Å²) >= 11 is 0. The Morgan fingerprint density at radius 1 is 1.33 bits per heavy atom. The largest absolute Gasteiger partial charge is 0.469 e. The quantitative estimate of drug-likeness (QED) is 0.600. The van der Waals surface area contributed by atoms with Gasteiger partial charge >= 0.3 is 5.97 Å². The molecule has 0 aliphatic heterocycles. The molecule has 1 aliphatic carbocycles. The van der Waals surface area contributed by atoms with Gasteiger partial charge in [0.15, 0.2) is 0 Å². The zero-order valence-electron chi connectivity index (χ0n) is 11.2. The van der Waals surface area contributed by atoms with Crippen LogP contribution < -0.4 is 0 Å². The lowest BCUT2D eigenvalue weighted by molar-refractivity contribution is -0.143. The minimum Gasteiger partial charge on any atom is -0.469 e. The highest BCUT2D eigenvalue weighted by Crippen LogP contribution is 2.59. The average Bonchev–Trinajstić information content (AvgIpc) is 2.92. The van der Waals surface area contributed by atoms with Gasteiger partial charge < -0.3 is 4.74 Å². The van der Waals surface area contributed by atoms with E-state index in [0.717, 1.165) is 6.42 Å². The van der Waals surface area contributed by atoms with E-state index in [1.54, 1.807) is 0 Å². The van der Waals surface area contributed by atoms with E-state index in [4.69, 9.17) is 4.74 Å². The van der Waals surface area contributed by atoms with Crippen LogP contribution >= 0.6 is 0 Å².